The standard InChI is InChI=1S/C11H9ClFN3/c1-6-10(15-5-16-11(6)14)8-3-2-7(12)4-9(8)13/h2-5H,1H3,(H2,14,15,16). The van der Waals surface area contributed by atoms with Crippen molar-refractivity contribution >= 4 is 17.4 Å². The number of rotatable bonds is 1. The van der Waals surface area contributed by atoms with E-state index < -0.39 is 5.82 Å². The van der Waals surface area contributed by atoms with Crippen molar-refractivity contribution in [2.24, 2.45) is 0 Å². The minimum atomic E-state index is -0.422. The third-order valence-corrected chi connectivity index (χ3v) is 2.54. The molecule has 1 heterocycles. The van der Waals surface area contributed by atoms with Crippen LogP contribution in [0.15, 0.2) is 24.5 Å². The van der Waals surface area contributed by atoms with Crippen LogP contribution >= 0.6 is 11.6 Å². The number of aromatic nitrogens is 2. The van der Waals surface area contributed by atoms with Gasteiger partial charge in [0.1, 0.15) is 18.0 Å². The lowest BCUT2D eigenvalue weighted by atomic mass is 10.1. The first-order valence-electron chi connectivity index (χ1n) is 4.62. The van der Waals surface area contributed by atoms with E-state index in [9.17, 15) is 4.39 Å². The maximum atomic E-state index is 13.7. The van der Waals surface area contributed by atoms with Gasteiger partial charge in [-0.15, -0.1) is 0 Å². The molecule has 0 bridgehead atoms. The topological polar surface area (TPSA) is 51.8 Å². The molecule has 0 fully saturated rings. The minimum absolute atomic E-state index is 0.347. The summed E-state index contributed by atoms with van der Waals surface area (Å²) >= 11 is 5.68. The average Bonchev–Trinajstić information content (AvgIpc) is 2.23. The number of nitrogens with zero attached hydrogens (tertiary/aromatic N) is 2. The van der Waals surface area contributed by atoms with Crippen LogP contribution in [0, 0.1) is 12.7 Å². The maximum Gasteiger partial charge on any atom is 0.134 e. The normalized spacial score (nSPS) is 10.4. The Morgan fingerprint density at radius 3 is 2.75 bits per heavy atom. The first-order valence-corrected chi connectivity index (χ1v) is 5.00. The van der Waals surface area contributed by atoms with E-state index in [1.165, 1.54) is 12.4 Å². The summed E-state index contributed by atoms with van der Waals surface area (Å²) in [4.78, 5) is 7.86. The number of nitrogen functional groups attached to an aromatic ring is 1. The fourth-order valence-electron chi connectivity index (χ4n) is 1.42. The van der Waals surface area contributed by atoms with Crippen LogP contribution in [-0.2, 0) is 0 Å². The van der Waals surface area contributed by atoms with Crippen LogP contribution in [0.4, 0.5) is 10.2 Å². The summed E-state index contributed by atoms with van der Waals surface area (Å²) in [6, 6.07) is 4.43. The molecule has 5 heteroatoms. The number of hydrogen-bond acceptors (Lipinski definition) is 3. The van der Waals surface area contributed by atoms with Gasteiger partial charge in [0.15, 0.2) is 0 Å². The fourth-order valence-corrected chi connectivity index (χ4v) is 1.58. The largest absolute Gasteiger partial charge is 0.383 e. The molecule has 0 spiro atoms. The Kier molecular flexibility index (Phi) is 2.75. The summed E-state index contributed by atoms with van der Waals surface area (Å²) in [6.07, 6.45) is 1.31. The van der Waals surface area contributed by atoms with E-state index in [-0.39, 0.29) is 0 Å². The Bertz CT molecular complexity index is 543. The summed E-state index contributed by atoms with van der Waals surface area (Å²) in [5.74, 6) is -0.0759. The second-order valence-electron chi connectivity index (χ2n) is 3.36. The van der Waals surface area contributed by atoms with Crippen molar-refractivity contribution in [3.63, 3.8) is 0 Å². The van der Waals surface area contributed by atoms with E-state index in [1.807, 2.05) is 0 Å². The first-order chi connectivity index (χ1) is 7.59. The zero-order valence-corrected chi connectivity index (χ0v) is 9.29. The molecule has 2 rings (SSSR count). The summed E-state index contributed by atoms with van der Waals surface area (Å²) in [7, 11) is 0. The Morgan fingerprint density at radius 1 is 1.31 bits per heavy atom. The summed E-state index contributed by atoms with van der Waals surface area (Å²) < 4.78 is 13.7. The fraction of sp³-hybridized carbons (Fsp3) is 0.0909. The zero-order chi connectivity index (χ0) is 11.7. The zero-order valence-electron chi connectivity index (χ0n) is 8.54. The molecule has 0 aliphatic carbocycles. The van der Waals surface area contributed by atoms with Gasteiger partial charge < -0.3 is 5.73 Å². The lowest BCUT2D eigenvalue weighted by Gasteiger charge is -2.07. The lowest BCUT2D eigenvalue weighted by molar-refractivity contribution is 0.630. The second kappa shape index (κ2) is 4.06. The van der Waals surface area contributed by atoms with Gasteiger partial charge in [-0.2, -0.15) is 0 Å². The summed E-state index contributed by atoms with van der Waals surface area (Å²) in [5.41, 5.74) is 7.15. The number of hydrogen-bond donors (Lipinski definition) is 1. The number of nitrogens with two attached hydrogens (primary N) is 1. The van der Waals surface area contributed by atoms with Crippen molar-refractivity contribution in [3.8, 4) is 11.3 Å². The first kappa shape index (κ1) is 10.8. The number of anilines is 1. The average molecular weight is 238 g/mol. The van der Waals surface area contributed by atoms with Gasteiger partial charge >= 0.3 is 0 Å². The molecule has 0 radical (unpaired) electrons. The Hall–Kier alpha value is -1.68. The predicted octanol–water partition coefficient (Wildman–Crippen LogP) is 2.83. The van der Waals surface area contributed by atoms with E-state index in [0.29, 0.717) is 27.7 Å². The van der Waals surface area contributed by atoms with Crippen LogP contribution in [0.1, 0.15) is 5.56 Å². The highest BCUT2D eigenvalue weighted by atomic mass is 35.5. The van der Waals surface area contributed by atoms with Gasteiger partial charge in [-0.25, -0.2) is 14.4 Å². The third-order valence-electron chi connectivity index (χ3n) is 2.31. The van der Waals surface area contributed by atoms with Gasteiger partial charge in [0.25, 0.3) is 0 Å². The Balaban J connectivity index is 2.63. The van der Waals surface area contributed by atoms with E-state index in [2.05, 4.69) is 9.97 Å². The Labute approximate surface area is 97.1 Å². The van der Waals surface area contributed by atoms with Crippen molar-refractivity contribution in [1.29, 1.82) is 0 Å². The van der Waals surface area contributed by atoms with E-state index in [1.54, 1.807) is 19.1 Å². The highest BCUT2D eigenvalue weighted by Gasteiger charge is 2.11. The van der Waals surface area contributed by atoms with E-state index in [4.69, 9.17) is 17.3 Å². The maximum absolute atomic E-state index is 13.7. The predicted molar refractivity (Wildman–Crippen MR) is 61.6 cm³/mol. The van der Waals surface area contributed by atoms with Crippen molar-refractivity contribution in [1.82, 2.24) is 9.97 Å². The van der Waals surface area contributed by atoms with Crippen molar-refractivity contribution in [3.05, 3.63) is 40.9 Å². The molecule has 2 aromatic rings. The van der Waals surface area contributed by atoms with E-state index >= 15 is 0 Å². The van der Waals surface area contributed by atoms with Gasteiger partial charge in [0.05, 0.1) is 5.69 Å². The summed E-state index contributed by atoms with van der Waals surface area (Å²) in [6.45, 7) is 1.75. The van der Waals surface area contributed by atoms with E-state index in [0.717, 1.165) is 0 Å². The van der Waals surface area contributed by atoms with Gasteiger partial charge in [-0.05, 0) is 25.1 Å². The SMILES string of the molecule is Cc1c(N)ncnc1-c1ccc(Cl)cc1F. The molecule has 1 aromatic carbocycles. The van der Waals surface area contributed by atoms with Crippen LogP contribution in [0.2, 0.25) is 5.02 Å². The lowest BCUT2D eigenvalue weighted by Crippen LogP contribution is -1.99. The highest BCUT2D eigenvalue weighted by Crippen LogP contribution is 2.27. The number of benzene rings is 1. The molecule has 3 nitrogen and oxygen atoms in total. The summed E-state index contributed by atoms with van der Waals surface area (Å²) in [5, 5.41) is 0.348. The molecule has 0 atom stereocenters. The van der Waals surface area contributed by atoms with Crippen LogP contribution in [0.25, 0.3) is 11.3 Å². The molecular weight excluding hydrogens is 229 g/mol. The van der Waals surface area contributed by atoms with Crippen LogP contribution in [-0.4, -0.2) is 9.97 Å². The van der Waals surface area contributed by atoms with Gasteiger partial charge in [-0.1, -0.05) is 11.6 Å². The highest BCUT2D eigenvalue weighted by molar-refractivity contribution is 6.30. The van der Waals surface area contributed by atoms with Crippen molar-refractivity contribution in [2.45, 2.75) is 6.92 Å². The third kappa shape index (κ3) is 1.84. The smallest absolute Gasteiger partial charge is 0.134 e. The van der Waals surface area contributed by atoms with Gasteiger partial charge in [0.2, 0.25) is 0 Å². The molecule has 0 saturated carbocycles. The van der Waals surface area contributed by atoms with Gasteiger partial charge in [-0.3, -0.25) is 0 Å². The molecule has 16 heavy (non-hydrogen) atoms. The Morgan fingerprint density at radius 2 is 2.06 bits per heavy atom. The number of halogens is 2. The van der Waals surface area contributed by atoms with Crippen LogP contribution in [0.5, 0.6) is 0 Å². The molecule has 0 saturated heterocycles. The molecule has 0 amide bonds. The molecule has 0 aliphatic rings. The van der Waals surface area contributed by atoms with Crippen LogP contribution in [0.3, 0.4) is 0 Å². The van der Waals surface area contributed by atoms with Crippen molar-refractivity contribution < 1.29 is 4.39 Å². The quantitative estimate of drug-likeness (QED) is 0.830. The minimum Gasteiger partial charge on any atom is -0.383 e. The van der Waals surface area contributed by atoms with Crippen LogP contribution < -0.4 is 5.73 Å². The molecule has 0 aliphatic heterocycles. The van der Waals surface area contributed by atoms with Crippen molar-refractivity contribution in [2.75, 3.05) is 5.73 Å². The monoisotopic (exact) mass is 237 g/mol. The van der Waals surface area contributed by atoms with Gasteiger partial charge in [0, 0.05) is 16.1 Å². The molecule has 0 unspecified atom stereocenters. The molecule has 1 aromatic heterocycles. The molecular formula is C11H9ClFN3. The molecule has 82 valence electrons. The molecule has 2 N–H and O–H groups in total. The second-order valence-corrected chi connectivity index (χ2v) is 3.79.